The monoisotopic (exact) mass is 334 g/mol. The number of ether oxygens (including phenoxy) is 1. The topological polar surface area (TPSA) is 90.4 Å². The van der Waals surface area contributed by atoms with Crippen molar-refractivity contribution >= 4 is 22.5 Å². The Morgan fingerprint density at radius 3 is 2.92 bits per heavy atom. The summed E-state index contributed by atoms with van der Waals surface area (Å²) in [5, 5.41) is 7.90. The Labute approximate surface area is 135 Å². The first-order chi connectivity index (χ1) is 11.5. The van der Waals surface area contributed by atoms with Gasteiger partial charge in [0.05, 0.1) is 19.7 Å². The summed E-state index contributed by atoms with van der Waals surface area (Å²) in [6.45, 7) is -0.379. The fraction of sp³-hybridized carbons (Fsp3) is 0.400. The van der Waals surface area contributed by atoms with E-state index in [0.29, 0.717) is 22.7 Å². The van der Waals surface area contributed by atoms with Crippen molar-refractivity contribution in [3.8, 4) is 5.75 Å². The molecule has 0 unspecified atom stereocenters. The minimum Gasteiger partial charge on any atom is -0.494 e. The zero-order valence-electron chi connectivity index (χ0n) is 13.0. The molecule has 9 heteroatoms. The van der Waals surface area contributed by atoms with Crippen molar-refractivity contribution in [2.24, 2.45) is 0 Å². The lowest BCUT2D eigenvalue weighted by Gasteiger charge is -2.27. The van der Waals surface area contributed by atoms with Crippen LogP contribution in [0.5, 0.6) is 5.75 Å². The van der Waals surface area contributed by atoms with Gasteiger partial charge in [-0.25, -0.2) is 18.7 Å². The standard InChI is InChI=1S/C15H16F2N6O/c1-24-10-4-2-3-8-11(10)20-14(18)23-13(8)21-12(22-23)9-5-6-15(16,17)7-19-9/h2-4,9,19H,5-7H2,1H3,(H2,18,20)/t9-/m0/s1. The first-order valence-electron chi connectivity index (χ1n) is 7.58. The maximum atomic E-state index is 13.3. The number of nitrogens with zero attached hydrogens (tertiary/aromatic N) is 4. The van der Waals surface area contributed by atoms with Crippen LogP contribution in [0.15, 0.2) is 18.2 Å². The van der Waals surface area contributed by atoms with E-state index >= 15 is 0 Å². The molecule has 126 valence electrons. The molecule has 7 nitrogen and oxygen atoms in total. The Morgan fingerprint density at radius 2 is 2.21 bits per heavy atom. The molecular formula is C15H16F2N6O. The Balaban J connectivity index is 1.83. The summed E-state index contributed by atoms with van der Waals surface area (Å²) in [7, 11) is 1.55. The minimum atomic E-state index is -2.68. The molecule has 1 aliphatic heterocycles. The van der Waals surface area contributed by atoms with Crippen molar-refractivity contribution in [3.05, 3.63) is 24.0 Å². The number of methoxy groups -OCH3 is 1. The molecule has 3 N–H and O–H groups in total. The van der Waals surface area contributed by atoms with Gasteiger partial charge in [0.2, 0.25) is 5.95 Å². The second kappa shape index (κ2) is 5.23. The third kappa shape index (κ3) is 2.32. The maximum absolute atomic E-state index is 13.3. The molecule has 24 heavy (non-hydrogen) atoms. The van der Waals surface area contributed by atoms with E-state index in [4.69, 9.17) is 10.5 Å². The fourth-order valence-electron chi connectivity index (χ4n) is 2.99. The SMILES string of the molecule is COc1cccc2c1nc(N)n1nc([C@@H]3CCC(F)(F)CN3)nc21. The van der Waals surface area contributed by atoms with Crippen molar-refractivity contribution in [2.75, 3.05) is 19.4 Å². The van der Waals surface area contributed by atoms with E-state index in [0.717, 1.165) is 5.39 Å². The quantitative estimate of drug-likeness (QED) is 0.744. The van der Waals surface area contributed by atoms with Crippen LogP contribution in [0.4, 0.5) is 14.7 Å². The number of nitrogens with two attached hydrogens (primary N) is 1. The van der Waals surface area contributed by atoms with Crippen molar-refractivity contribution in [1.29, 1.82) is 0 Å². The molecule has 1 aromatic carbocycles. The summed E-state index contributed by atoms with van der Waals surface area (Å²) >= 11 is 0. The number of hydrogen-bond donors (Lipinski definition) is 2. The number of benzene rings is 1. The Morgan fingerprint density at radius 1 is 1.38 bits per heavy atom. The van der Waals surface area contributed by atoms with Crippen LogP contribution in [-0.2, 0) is 0 Å². The molecule has 0 amide bonds. The normalized spacial score (nSPS) is 20.5. The number of halogens is 2. The fourth-order valence-corrected chi connectivity index (χ4v) is 2.99. The third-order valence-corrected chi connectivity index (χ3v) is 4.24. The second-order valence-electron chi connectivity index (χ2n) is 5.86. The molecule has 2 aromatic heterocycles. The Bertz CT molecular complexity index is 915. The molecule has 0 bridgehead atoms. The molecule has 0 saturated carbocycles. The highest BCUT2D eigenvalue weighted by atomic mass is 19.3. The number of aromatic nitrogens is 4. The van der Waals surface area contributed by atoms with E-state index in [9.17, 15) is 8.78 Å². The molecule has 1 saturated heterocycles. The number of nitrogens with one attached hydrogen (secondary N) is 1. The molecule has 0 radical (unpaired) electrons. The zero-order valence-corrected chi connectivity index (χ0v) is 13.0. The van der Waals surface area contributed by atoms with E-state index in [1.165, 1.54) is 4.52 Å². The maximum Gasteiger partial charge on any atom is 0.260 e. The first kappa shape index (κ1) is 15.0. The van der Waals surface area contributed by atoms with E-state index in [-0.39, 0.29) is 31.4 Å². The molecule has 0 spiro atoms. The molecular weight excluding hydrogens is 318 g/mol. The minimum absolute atomic E-state index is 0.168. The van der Waals surface area contributed by atoms with Crippen molar-refractivity contribution in [2.45, 2.75) is 24.8 Å². The predicted molar refractivity (Wildman–Crippen MR) is 84.2 cm³/mol. The third-order valence-electron chi connectivity index (χ3n) is 4.24. The van der Waals surface area contributed by atoms with Crippen LogP contribution >= 0.6 is 0 Å². The van der Waals surface area contributed by atoms with Crippen LogP contribution in [-0.4, -0.2) is 39.2 Å². The van der Waals surface area contributed by atoms with Crippen LogP contribution in [0.1, 0.15) is 24.7 Å². The molecule has 1 aliphatic rings. The lowest BCUT2D eigenvalue weighted by molar-refractivity contribution is -0.0309. The largest absolute Gasteiger partial charge is 0.494 e. The molecule has 0 aliphatic carbocycles. The van der Waals surface area contributed by atoms with Crippen LogP contribution in [0, 0.1) is 0 Å². The van der Waals surface area contributed by atoms with E-state index in [2.05, 4.69) is 20.4 Å². The van der Waals surface area contributed by atoms with Crippen molar-refractivity contribution in [3.63, 3.8) is 0 Å². The van der Waals surface area contributed by atoms with Gasteiger partial charge in [0.25, 0.3) is 5.92 Å². The number of nitrogen functional groups attached to an aromatic ring is 1. The van der Waals surface area contributed by atoms with E-state index in [1.54, 1.807) is 13.2 Å². The predicted octanol–water partition coefficient (Wildman–Crippen LogP) is 1.93. The summed E-state index contributed by atoms with van der Waals surface area (Å²) < 4.78 is 33.3. The Kier molecular flexibility index (Phi) is 3.27. The van der Waals surface area contributed by atoms with E-state index < -0.39 is 5.92 Å². The smallest absolute Gasteiger partial charge is 0.260 e. The van der Waals surface area contributed by atoms with Crippen LogP contribution in [0.25, 0.3) is 16.6 Å². The summed E-state index contributed by atoms with van der Waals surface area (Å²) in [5.74, 6) is -1.49. The van der Waals surface area contributed by atoms with Gasteiger partial charge in [-0.3, -0.25) is 0 Å². The zero-order chi connectivity index (χ0) is 16.9. The number of anilines is 1. The summed E-state index contributed by atoms with van der Waals surface area (Å²) in [6.07, 6.45) is 0.0704. The number of alkyl halides is 2. The average Bonchev–Trinajstić information content (AvgIpc) is 3.00. The average molecular weight is 334 g/mol. The summed E-state index contributed by atoms with van der Waals surface area (Å²) in [5.41, 5.74) is 7.11. The first-order valence-corrected chi connectivity index (χ1v) is 7.58. The highest BCUT2D eigenvalue weighted by molar-refractivity contribution is 5.95. The number of hydrogen-bond acceptors (Lipinski definition) is 6. The summed E-state index contributed by atoms with van der Waals surface area (Å²) in [4.78, 5) is 8.85. The highest BCUT2D eigenvalue weighted by Gasteiger charge is 2.36. The van der Waals surface area contributed by atoms with Crippen LogP contribution in [0.3, 0.4) is 0 Å². The van der Waals surface area contributed by atoms with Gasteiger partial charge in [-0.1, -0.05) is 6.07 Å². The van der Waals surface area contributed by atoms with Gasteiger partial charge >= 0.3 is 0 Å². The van der Waals surface area contributed by atoms with Crippen molar-refractivity contribution in [1.82, 2.24) is 24.9 Å². The molecule has 3 heterocycles. The lowest BCUT2D eigenvalue weighted by atomic mass is 10.0. The molecule has 1 atom stereocenters. The van der Waals surface area contributed by atoms with Gasteiger partial charge in [-0.2, -0.15) is 4.52 Å². The Hall–Kier alpha value is -2.55. The molecule has 1 fully saturated rings. The van der Waals surface area contributed by atoms with E-state index in [1.807, 2.05) is 12.1 Å². The summed E-state index contributed by atoms with van der Waals surface area (Å²) in [6, 6.07) is 5.13. The molecule has 4 rings (SSSR count). The van der Waals surface area contributed by atoms with Crippen LogP contribution < -0.4 is 15.8 Å². The highest BCUT2D eigenvalue weighted by Crippen LogP contribution is 2.32. The van der Waals surface area contributed by atoms with Gasteiger partial charge in [0.1, 0.15) is 11.3 Å². The van der Waals surface area contributed by atoms with Crippen molar-refractivity contribution < 1.29 is 13.5 Å². The van der Waals surface area contributed by atoms with Gasteiger partial charge in [-0.15, -0.1) is 5.10 Å². The molecule has 3 aromatic rings. The lowest BCUT2D eigenvalue weighted by Crippen LogP contribution is -2.41. The number of rotatable bonds is 2. The number of piperidine rings is 1. The van der Waals surface area contributed by atoms with Crippen LogP contribution in [0.2, 0.25) is 0 Å². The number of para-hydroxylation sites is 1. The second-order valence-corrected chi connectivity index (χ2v) is 5.86. The van der Waals surface area contributed by atoms with Gasteiger partial charge in [0, 0.05) is 11.8 Å². The van der Waals surface area contributed by atoms with Gasteiger partial charge < -0.3 is 15.8 Å². The van der Waals surface area contributed by atoms with Gasteiger partial charge in [-0.05, 0) is 18.6 Å². The van der Waals surface area contributed by atoms with Gasteiger partial charge in [0.15, 0.2) is 11.5 Å². The number of fused-ring (bicyclic) bond motifs is 3.